The summed E-state index contributed by atoms with van der Waals surface area (Å²) >= 11 is 7.33. The minimum atomic E-state index is -0.238. The fourth-order valence-electron chi connectivity index (χ4n) is 3.49. The van der Waals surface area contributed by atoms with Crippen LogP contribution >= 0.6 is 23.4 Å². The Bertz CT molecular complexity index is 1420. The molecule has 0 radical (unpaired) electrons. The van der Waals surface area contributed by atoms with Crippen molar-refractivity contribution in [1.29, 1.82) is 0 Å². The van der Waals surface area contributed by atoms with E-state index in [4.69, 9.17) is 21.3 Å². The van der Waals surface area contributed by atoms with Crippen molar-refractivity contribution in [1.82, 2.24) is 9.55 Å². The van der Waals surface area contributed by atoms with Crippen molar-refractivity contribution in [2.24, 2.45) is 0 Å². The molecule has 4 rings (SSSR count). The summed E-state index contributed by atoms with van der Waals surface area (Å²) in [5, 5.41) is 4.22. The maximum atomic E-state index is 13.5. The van der Waals surface area contributed by atoms with Gasteiger partial charge < -0.3 is 10.1 Å². The first-order valence-electron chi connectivity index (χ1n) is 10.2. The summed E-state index contributed by atoms with van der Waals surface area (Å²) in [6, 6.07) is 18.0. The van der Waals surface area contributed by atoms with E-state index in [-0.39, 0.29) is 17.2 Å². The van der Waals surface area contributed by atoms with Gasteiger partial charge in [0, 0.05) is 5.02 Å². The first kappa shape index (κ1) is 22.9. The first-order chi connectivity index (χ1) is 15.9. The molecule has 0 unspecified atom stereocenters. The fraction of sp³-hybridized carbons (Fsp3) is 0.160. The monoisotopic (exact) mass is 479 g/mol. The minimum Gasteiger partial charge on any atom is -0.495 e. The predicted molar refractivity (Wildman–Crippen MR) is 134 cm³/mol. The molecule has 6 nitrogen and oxygen atoms in total. The highest BCUT2D eigenvalue weighted by atomic mass is 35.5. The van der Waals surface area contributed by atoms with Crippen LogP contribution in [0.4, 0.5) is 5.69 Å². The molecule has 168 valence electrons. The third-order valence-electron chi connectivity index (χ3n) is 5.33. The van der Waals surface area contributed by atoms with Gasteiger partial charge in [-0.2, -0.15) is 0 Å². The molecule has 0 aliphatic rings. The molecule has 0 fully saturated rings. The molecule has 4 aromatic rings. The van der Waals surface area contributed by atoms with Crippen LogP contribution in [0.2, 0.25) is 5.02 Å². The van der Waals surface area contributed by atoms with Crippen molar-refractivity contribution in [3.05, 3.63) is 87.2 Å². The molecule has 1 N–H and O–H groups in total. The Morgan fingerprint density at radius 1 is 1.12 bits per heavy atom. The topological polar surface area (TPSA) is 73.2 Å². The van der Waals surface area contributed by atoms with E-state index in [9.17, 15) is 9.59 Å². The van der Waals surface area contributed by atoms with Gasteiger partial charge in [-0.3, -0.25) is 14.2 Å². The second kappa shape index (κ2) is 9.68. The first-order valence-corrected chi connectivity index (χ1v) is 11.6. The average Bonchev–Trinajstić information content (AvgIpc) is 2.80. The van der Waals surface area contributed by atoms with Gasteiger partial charge in [-0.15, -0.1) is 0 Å². The number of methoxy groups -OCH3 is 1. The number of aryl methyl sites for hydroxylation is 1. The van der Waals surface area contributed by atoms with Gasteiger partial charge >= 0.3 is 0 Å². The summed E-state index contributed by atoms with van der Waals surface area (Å²) < 4.78 is 6.86. The molecule has 1 amide bonds. The molecule has 0 atom stereocenters. The number of ether oxygens (including phenoxy) is 1. The molecule has 1 aromatic heterocycles. The van der Waals surface area contributed by atoms with Crippen LogP contribution in [0.3, 0.4) is 0 Å². The van der Waals surface area contributed by atoms with Gasteiger partial charge in [0.25, 0.3) is 5.56 Å². The number of aromatic nitrogens is 2. The van der Waals surface area contributed by atoms with Crippen molar-refractivity contribution < 1.29 is 9.53 Å². The summed E-state index contributed by atoms with van der Waals surface area (Å²) in [5.41, 5.74) is 3.61. The Kier molecular flexibility index (Phi) is 6.72. The molecular formula is C25H22ClN3O3S. The van der Waals surface area contributed by atoms with Gasteiger partial charge in [0.2, 0.25) is 5.91 Å². The van der Waals surface area contributed by atoms with Crippen LogP contribution < -0.4 is 15.6 Å². The SMILES string of the molecule is COc1ccccc1NC(=O)CSc1nc2cc(Cl)ccc2c(=O)n1-c1cccc(C)c1C. The highest BCUT2D eigenvalue weighted by molar-refractivity contribution is 7.99. The zero-order valence-corrected chi connectivity index (χ0v) is 20.0. The quantitative estimate of drug-likeness (QED) is 0.296. The number of carbonyl (C=O) groups is 1. The van der Waals surface area contributed by atoms with E-state index in [1.807, 2.05) is 44.2 Å². The highest BCUT2D eigenvalue weighted by Gasteiger charge is 2.17. The van der Waals surface area contributed by atoms with E-state index in [0.717, 1.165) is 16.8 Å². The zero-order valence-electron chi connectivity index (χ0n) is 18.4. The van der Waals surface area contributed by atoms with E-state index in [1.54, 1.807) is 42.0 Å². The van der Waals surface area contributed by atoms with Crippen LogP contribution in [-0.2, 0) is 4.79 Å². The van der Waals surface area contributed by atoms with Gasteiger partial charge in [-0.1, -0.05) is 47.6 Å². The smallest absolute Gasteiger partial charge is 0.266 e. The maximum Gasteiger partial charge on any atom is 0.266 e. The van der Waals surface area contributed by atoms with Crippen LogP contribution in [0.15, 0.2) is 70.6 Å². The number of hydrogen-bond donors (Lipinski definition) is 1. The molecule has 0 saturated heterocycles. The number of para-hydroxylation sites is 2. The molecule has 3 aromatic carbocycles. The second-order valence-corrected chi connectivity index (χ2v) is 8.83. The van der Waals surface area contributed by atoms with Gasteiger partial charge in [0.05, 0.1) is 35.1 Å². The van der Waals surface area contributed by atoms with Crippen LogP contribution in [-0.4, -0.2) is 28.3 Å². The summed E-state index contributed by atoms with van der Waals surface area (Å²) in [7, 11) is 1.55. The number of thioether (sulfide) groups is 1. The van der Waals surface area contributed by atoms with Gasteiger partial charge in [-0.05, 0) is 61.4 Å². The molecule has 1 heterocycles. The Morgan fingerprint density at radius 3 is 2.70 bits per heavy atom. The van der Waals surface area contributed by atoms with Crippen molar-refractivity contribution in [3.8, 4) is 11.4 Å². The Balaban J connectivity index is 1.73. The predicted octanol–water partition coefficient (Wildman–Crippen LogP) is 5.40. The second-order valence-electron chi connectivity index (χ2n) is 7.45. The molecule has 0 saturated carbocycles. The van der Waals surface area contributed by atoms with Gasteiger partial charge in [0.15, 0.2) is 5.16 Å². The number of nitrogens with one attached hydrogen (secondary N) is 1. The molecule has 0 aliphatic carbocycles. The average molecular weight is 480 g/mol. The molecule has 8 heteroatoms. The van der Waals surface area contributed by atoms with Crippen LogP contribution in [0, 0.1) is 13.8 Å². The number of rotatable bonds is 6. The third kappa shape index (κ3) is 4.74. The van der Waals surface area contributed by atoms with Gasteiger partial charge in [0.1, 0.15) is 5.75 Å². The van der Waals surface area contributed by atoms with Crippen molar-refractivity contribution in [3.63, 3.8) is 0 Å². The van der Waals surface area contributed by atoms with Crippen molar-refractivity contribution in [2.45, 2.75) is 19.0 Å². The fourth-order valence-corrected chi connectivity index (χ4v) is 4.46. The number of nitrogens with zero attached hydrogens (tertiary/aromatic N) is 2. The molecule has 0 spiro atoms. The number of fused-ring (bicyclic) bond motifs is 1. The number of benzene rings is 3. The van der Waals surface area contributed by atoms with Crippen LogP contribution in [0.25, 0.3) is 16.6 Å². The number of halogens is 1. The van der Waals surface area contributed by atoms with Crippen molar-refractivity contribution in [2.75, 3.05) is 18.2 Å². The Morgan fingerprint density at radius 2 is 1.91 bits per heavy atom. The minimum absolute atomic E-state index is 0.0570. The number of anilines is 1. The molecular weight excluding hydrogens is 458 g/mol. The summed E-state index contributed by atoms with van der Waals surface area (Å²) in [6.07, 6.45) is 0. The lowest BCUT2D eigenvalue weighted by molar-refractivity contribution is -0.113. The lowest BCUT2D eigenvalue weighted by Crippen LogP contribution is -2.23. The highest BCUT2D eigenvalue weighted by Crippen LogP contribution is 2.27. The van der Waals surface area contributed by atoms with Crippen LogP contribution in [0.5, 0.6) is 5.75 Å². The molecule has 33 heavy (non-hydrogen) atoms. The van der Waals surface area contributed by atoms with E-state index in [0.29, 0.717) is 32.5 Å². The summed E-state index contributed by atoms with van der Waals surface area (Å²) in [5.74, 6) is 0.389. The van der Waals surface area contributed by atoms with E-state index in [2.05, 4.69) is 5.32 Å². The van der Waals surface area contributed by atoms with E-state index < -0.39 is 0 Å². The van der Waals surface area contributed by atoms with E-state index >= 15 is 0 Å². The normalized spacial score (nSPS) is 10.9. The van der Waals surface area contributed by atoms with Crippen molar-refractivity contribution >= 4 is 45.9 Å². The zero-order chi connectivity index (χ0) is 23.5. The Labute approximate surface area is 200 Å². The Hall–Kier alpha value is -3.29. The summed E-state index contributed by atoms with van der Waals surface area (Å²) in [6.45, 7) is 3.96. The maximum absolute atomic E-state index is 13.5. The van der Waals surface area contributed by atoms with Crippen LogP contribution in [0.1, 0.15) is 11.1 Å². The lowest BCUT2D eigenvalue weighted by Gasteiger charge is -2.16. The third-order valence-corrected chi connectivity index (χ3v) is 6.50. The van der Waals surface area contributed by atoms with E-state index in [1.165, 1.54) is 11.8 Å². The number of carbonyl (C=O) groups excluding carboxylic acids is 1. The molecule has 0 bridgehead atoms. The molecule has 0 aliphatic heterocycles. The standard InChI is InChI=1S/C25H22ClN3O3S/c1-15-7-6-9-21(16(15)2)29-24(31)18-12-11-17(26)13-20(18)28-25(29)33-14-23(30)27-19-8-4-5-10-22(19)32-3/h4-13H,14H2,1-3H3,(H,27,30). The summed E-state index contributed by atoms with van der Waals surface area (Å²) in [4.78, 5) is 30.9. The number of hydrogen-bond acceptors (Lipinski definition) is 5. The van der Waals surface area contributed by atoms with Gasteiger partial charge in [-0.25, -0.2) is 4.98 Å². The number of amides is 1. The lowest BCUT2D eigenvalue weighted by atomic mass is 10.1. The largest absolute Gasteiger partial charge is 0.495 e.